The predicted molar refractivity (Wildman–Crippen MR) is 66.3 cm³/mol. The minimum absolute atomic E-state index is 0.0822. The van der Waals surface area contributed by atoms with E-state index in [9.17, 15) is 10.2 Å². The fourth-order valence-electron chi connectivity index (χ4n) is 2.30. The van der Waals surface area contributed by atoms with E-state index < -0.39 is 0 Å². The summed E-state index contributed by atoms with van der Waals surface area (Å²) < 4.78 is 2.03. The van der Waals surface area contributed by atoms with Crippen molar-refractivity contribution in [1.82, 2.24) is 0 Å². The number of hydrogen-bond acceptors (Lipinski definition) is 3. The standard InChI is InChI=1S/C13H10NO2.Ga/c15-11-7-2-1-4-8(11)12-9-5-3-6-10(14-12)13(9)16;/h1-7,12,15-16H;/q-1;+1. The Morgan fingerprint density at radius 1 is 0.941 bits per heavy atom. The van der Waals surface area contributed by atoms with Gasteiger partial charge < -0.3 is 0 Å². The first-order chi connectivity index (χ1) is 8.20. The molecule has 1 atom stereocenters. The number of phenols is 2. The molecule has 2 bridgehead atoms. The van der Waals surface area contributed by atoms with Crippen molar-refractivity contribution in [3.63, 3.8) is 0 Å². The summed E-state index contributed by atoms with van der Waals surface area (Å²) in [6.45, 7) is 0. The van der Waals surface area contributed by atoms with Gasteiger partial charge in [0.05, 0.1) is 0 Å². The summed E-state index contributed by atoms with van der Waals surface area (Å²) in [5, 5.41) is 20.0. The van der Waals surface area contributed by atoms with E-state index in [1.54, 1.807) is 12.1 Å². The number of anilines is 1. The Hall–Kier alpha value is -1.52. The molecule has 3 nitrogen and oxygen atoms in total. The van der Waals surface area contributed by atoms with Crippen LogP contribution in [0.25, 0.3) is 0 Å². The molecule has 3 rings (SSSR count). The van der Waals surface area contributed by atoms with Gasteiger partial charge in [0.1, 0.15) is 0 Å². The van der Waals surface area contributed by atoms with Gasteiger partial charge >= 0.3 is 109 Å². The number of fused-ring (bicyclic) bond motifs is 2. The molecule has 0 spiro atoms. The summed E-state index contributed by atoms with van der Waals surface area (Å²) in [4.78, 5) is 0. The minimum atomic E-state index is -0.0822. The molecule has 0 fully saturated rings. The third kappa shape index (κ3) is 1.45. The molecule has 1 aliphatic heterocycles. The van der Waals surface area contributed by atoms with Crippen LogP contribution in [0.2, 0.25) is 0 Å². The van der Waals surface area contributed by atoms with Crippen LogP contribution < -0.4 is 3.61 Å². The Morgan fingerprint density at radius 2 is 1.65 bits per heavy atom. The van der Waals surface area contributed by atoms with Crippen LogP contribution in [0.1, 0.15) is 17.2 Å². The molecule has 1 heterocycles. The van der Waals surface area contributed by atoms with Crippen molar-refractivity contribution in [2.45, 2.75) is 6.04 Å². The van der Waals surface area contributed by atoms with Gasteiger partial charge in [-0.25, -0.2) is 0 Å². The van der Waals surface area contributed by atoms with Crippen LogP contribution >= 0.6 is 0 Å². The van der Waals surface area contributed by atoms with Gasteiger partial charge in [-0.2, -0.15) is 0 Å². The Labute approximate surface area is 110 Å². The molecule has 17 heavy (non-hydrogen) atoms. The van der Waals surface area contributed by atoms with Gasteiger partial charge in [0, 0.05) is 0 Å². The topological polar surface area (TPSA) is 43.7 Å². The predicted octanol–water partition coefficient (Wildman–Crippen LogP) is 2.09. The summed E-state index contributed by atoms with van der Waals surface area (Å²) >= 11 is 1.41. The molecule has 0 amide bonds. The third-order valence-electron chi connectivity index (χ3n) is 3.13. The quantitative estimate of drug-likeness (QED) is 0.787. The molecule has 0 aliphatic carbocycles. The molecule has 2 radical (unpaired) electrons. The van der Waals surface area contributed by atoms with E-state index in [4.69, 9.17) is 0 Å². The zero-order valence-corrected chi connectivity index (χ0v) is 11.5. The number of rotatable bonds is 1. The average Bonchev–Trinajstić information content (AvgIpc) is 2.48. The van der Waals surface area contributed by atoms with E-state index >= 15 is 0 Å². The van der Waals surface area contributed by atoms with Gasteiger partial charge in [-0.05, 0) is 0 Å². The Balaban J connectivity index is 2.18. The maximum absolute atomic E-state index is 10.0. The third-order valence-corrected chi connectivity index (χ3v) is 4.34. The number of phenolic OH excluding ortho intramolecular Hbond substituents is 2. The zero-order chi connectivity index (χ0) is 12.0. The molecule has 0 saturated carbocycles. The van der Waals surface area contributed by atoms with Crippen molar-refractivity contribution in [1.29, 1.82) is 0 Å². The average molecular weight is 282 g/mol. The zero-order valence-electron chi connectivity index (χ0n) is 9.04. The number of para-hydroxylation sites is 2. The maximum atomic E-state index is 10.0. The van der Waals surface area contributed by atoms with Crippen LogP contribution in [0.15, 0.2) is 42.5 Å². The summed E-state index contributed by atoms with van der Waals surface area (Å²) in [6.07, 6.45) is 0. The van der Waals surface area contributed by atoms with Crippen molar-refractivity contribution in [2.24, 2.45) is 0 Å². The molecule has 82 valence electrons. The first kappa shape index (κ1) is 10.6. The van der Waals surface area contributed by atoms with E-state index in [1.807, 2.05) is 33.9 Å². The Bertz CT molecular complexity index is 585. The number of nitrogens with zero attached hydrogens (tertiary/aromatic N) is 1. The van der Waals surface area contributed by atoms with Crippen LogP contribution in [-0.4, -0.2) is 29.1 Å². The van der Waals surface area contributed by atoms with Gasteiger partial charge in [0.15, 0.2) is 0 Å². The molecular formula is C13H10GaNO2. The van der Waals surface area contributed by atoms with E-state index in [0.717, 1.165) is 16.8 Å². The fraction of sp³-hybridized carbons (Fsp3) is 0.0769. The summed E-state index contributed by atoms with van der Waals surface area (Å²) in [5.41, 5.74) is 2.51. The van der Waals surface area contributed by atoms with Gasteiger partial charge in [-0.15, -0.1) is 0 Å². The summed E-state index contributed by atoms with van der Waals surface area (Å²) in [5.74, 6) is 0.590. The van der Waals surface area contributed by atoms with Crippen molar-refractivity contribution >= 4 is 24.5 Å². The second-order valence-corrected chi connectivity index (χ2v) is 5.25. The Kier molecular flexibility index (Phi) is 2.34. The molecule has 0 aromatic heterocycles. The second kappa shape index (κ2) is 3.75. The second-order valence-electron chi connectivity index (χ2n) is 4.08. The van der Waals surface area contributed by atoms with Gasteiger partial charge in [0.2, 0.25) is 0 Å². The molecule has 0 saturated heterocycles. The molecule has 1 aliphatic rings. The monoisotopic (exact) mass is 281 g/mol. The summed E-state index contributed by atoms with van der Waals surface area (Å²) in [6, 6.07) is 12.9. The molecular weight excluding hydrogens is 272 g/mol. The molecule has 2 aromatic rings. The number of hydrogen-bond donors (Lipinski definition) is 2. The van der Waals surface area contributed by atoms with Gasteiger partial charge in [-0.1, -0.05) is 0 Å². The molecule has 4 heteroatoms. The SMILES string of the molecule is Oc1ccccc1C1c2cccc(c2O)[N]1[Ga]. The van der Waals surface area contributed by atoms with Crippen LogP contribution in [-0.2, 0) is 0 Å². The van der Waals surface area contributed by atoms with E-state index in [-0.39, 0.29) is 11.8 Å². The number of benzene rings is 2. The van der Waals surface area contributed by atoms with Gasteiger partial charge in [0.25, 0.3) is 0 Å². The normalized spacial score (nSPS) is 17.4. The van der Waals surface area contributed by atoms with Crippen molar-refractivity contribution in [2.75, 3.05) is 3.61 Å². The Morgan fingerprint density at radius 3 is 2.35 bits per heavy atom. The van der Waals surface area contributed by atoms with E-state index in [2.05, 4.69) is 0 Å². The molecule has 2 aromatic carbocycles. The van der Waals surface area contributed by atoms with Crippen molar-refractivity contribution < 1.29 is 10.2 Å². The molecule has 2 N–H and O–H groups in total. The van der Waals surface area contributed by atoms with Crippen LogP contribution in [0.5, 0.6) is 11.5 Å². The van der Waals surface area contributed by atoms with Crippen molar-refractivity contribution in [3.05, 3.63) is 53.6 Å². The van der Waals surface area contributed by atoms with Crippen LogP contribution in [0, 0.1) is 0 Å². The van der Waals surface area contributed by atoms with E-state index in [0.29, 0.717) is 5.75 Å². The fourth-order valence-corrected chi connectivity index (χ4v) is 3.41. The van der Waals surface area contributed by atoms with Gasteiger partial charge in [-0.3, -0.25) is 0 Å². The first-order valence-electron chi connectivity index (χ1n) is 5.34. The molecule has 1 unspecified atom stereocenters. The van der Waals surface area contributed by atoms with E-state index in [1.165, 1.54) is 18.8 Å². The summed E-state index contributed by atoms with van der Waals surface area (Å²) in [7, 11) is 0. The van der Waals surface area contributed by atoms with Crippen molar-refractivity contribution in [3.8, 4) is 11.5 Å². The van der Waals surface area contributed by atoms with Crippen LogP contribution in [0.3, 0.4) is 0 Å². The first-order valence-corrected chi connectivity index (χ1v) is 6.42. The van der Waals surface area contributed by atoms with Crippen LogP contribution in [0.4, 0.5) is 5.69 Å². The number of aromatic hydroxyl groups is 2.